The quantitative estimate of drug-likeness (QED) is 0.690. The first kappa shape index (κ1) is 18.1. The van der Waals surface area contributed by atoms with Crippen LogP contribution in [-0.4, -0.2) is 23.8 Å². The maximum absolute atomic E-state index is 13.2. The van der Waals surface area contributed by atoms with Gasteiger partial charge in [0.1, 0.15) is 6.04 Å². The largest absolute Gasteiger partial charge is 0.295 e. The molecule has 2 aliphatic rings. The molecule has 0 bridgehead atoms. The second-order valence-electron chi connectivity index (χ2n) is 7.60. The van der Waals surface area contributed by atoms with Crippen LogP contribution in [0.2, 0.25) is 0 Å². The van der Waals surface area contributed by atoms with Crippen LogP contribution in [0.4, 0.5) is 5.69 Å². The van der Waals surface area contributed by atoms with Gasteiger partial charge >= 0.3 is 0 Å². The number of carbonyl (C=O) groups excluding carboxylic acids is 3. The van der Waals surface area contributed by atoms with Crippen molar-refractivity contribution in [2.75, 3.05) is 4.90 Å². The fourth-order valence-electron chi connectivity index (χ4n) is 4.38. The van der Waals surface area contributed by atoms with E-state index < -0.39 is 11.9 Å². The number of anilines is 1. The highest BCUT2D eigenvalue weighted by Gasteiger charge is 2.40. The zero-order valence-corrected chi connectivity index (χ0v) is 16.0. The summed E-state index contributed by atoms with van der Waals surface area (Å²) in [5.74, 6) is -0.939. The molecule has 0 aliphatic carbocycles. The highest BCUT2D eigenvalue weighted by atomic mass is 16.2. The van der Waals surface area contributed by atoms with Crippen LogP contribution >= 0.6 is 0 Å². The number of benzene rings is 3. The van der Waals surface area contributed by atoms with Gasteiger partial charge in [-0.1, -0.05) is 30.3 Å². The van der Waals surface area contributed by atoms with Gasteiger partial charge in [-0.15, -0.1) is 0 Å². The fourth-order valence-corrected chi connectivity index (χ4v) is 4.38. The van der Waals surface area contributed by atoms with Crippen molar-refractivity contribution in [3.8, 4) is 6.07 Å². The van der Waals surface area contributed by atoms with Crippen molar-refractivity contribution in [1.29, 1.82) is 5.26 Å². The first-order valence-electron chi connectivity index (χ1n) is 9.78. The van der Waals surface area contributed by atoms with Crippen molar-refractivity contribution in [3.05, 3.63) is 76.9 Å². The average molecular weight is 395 g/mol. The number of nitrogens with zero attached hydrogens (tertiary/aromatic N) is 2. The molecule has 1 atom stereocenters. The molecule has 1 saturated heterocycles. The minimum Gasteiger partial charge on any atom is -0.295 e. The van der Waals surface area contributed by atoms with Gasteiger partial charge in [-0.3, -0.25) is 24.6 Å². The number of nitriles is 1. The first-order valence-corrected chi connectivity index (χ1v) is 9.78. The lowest BCUT2D eigenvalue weighted by molar-refractivity contribution is -0.134. The Balaban J connectivity index is 1.57. The van der Waals surface area contributed by atoms with Crippen LogP contribution in [0.3, 0.4) is 0 Å². The van der Waals surface area contributed by atoms with Gasteiger partial charge in [0.05, 0.1) is 17.3 Å². The number of carbonyl (C=O) groups is 3. The molecule has 3 aromatic carbocycles. The van der Waals surface area contributed by atoms with Crippen molar-refractivity contribution in [2.24, 2.45) is 0 Å². The molecule has 5 rings (SSSR count). The van der Waals surface area contributed by atoms with Gasteiger partial charge in [0.15, 0.2) is 0 Å². The average Bonchev–Trinajstić information content (AvgIpc) is 3.04. The minimum absolute atomic E-state index is 0.208. The minimum atomic E-state index is -0.685. The summed E-state index contributed by atoms with van der Waals surface area (Å²) in [4.78, 5) is 38.7. The standard InChI is InChI=1S/C24H17N3O3/c25-13-15-6-4-14(5-7-15)12-16-8-9-18-22-17(16)2-1-3-19(22)27(24(18)30)20-10-11-21(28)26-23(20)29/h1-9,20H,10-12H2,(H,26,28,29). The van der Waals surface area contributed by atoms with Gasteiger partial charge in [0, 0.05) is 17.4 Å². The molecule has 2 aliphatic heterocycles. The molecule has 6 heteroatoms. The smallest absolute Gasteiger partial charge is 0.259 e. The van der Waals surface area contributed by atoms with Crippen LogP contribution in [0.5, 0.6) is 0 Å². The fraction of sp³-hybridized carbons (Fsp3) is 0.167. The zero-order valence-electron chi connectivity index (χ0n) is 16.0. The second-order valence-corrected chi connectivity index (χ2v) is 7.60. The summed E-state index contributed by atoms with van der Waals surface area (Å²) in [5, 5.41) is 13.1. The summed E-state index contributed by atoms with van der Waals surface area (Å²) in [6, 6.07) is 18.4. The van der Waals surface area contributed by atoms with E-state index in [-0.39, 0.29) is 18.2 Å². The third-order valence-electron chi connectivity index (χ3n) is 5.82. The number of imide groups is 1. The van der Waals surface area contributed by atoms with E-state index in [1.54, 1.807) is 12.1 Å². The highest BCUT2D eigenvalue weighted by molar-refractivity contribution is 6.27. The van der Waals surface area contributed by atoms with Crippen LogP contribution in [0, 0.1) is 11.3 Å². The molecule has 6 nitrogen and oxygen atoms in total. The molecular weight excluding hydrogens is 378 g/mol. The van der Waals surface area contributed by atoms with E-state index in [2.05, 4.69) is 11.4 Å². The number of nitrogens with one attached hydrogen (secondary N) is 1. The molecule has 146 valence electrons. The molecule has 0 saturated carbocycles. The molecule has 2 heterocycles. The van der Waals surface area contributed by atoms with Crippen LogP contribution in [0.25, 0.3) is 10.8 Å². The van der Waals surface area contributed by atoms with E-state index in [4.69, 9.17) is 5.26 Å². The zero-order chi connectivity index (χ0) is 20.8. The van der Waals surface area contributed by atoms with Crippen molar-refractivity contribution >= 4 is 34.2 Å². The van der Waals surface area contributed by atoms with Gasteiger partial charge < -0.3 is 0 Å². The van der Waals surface area contributed by atoms with Gasteiger partial charge in [0.2, 0.25) is 11.8 Å². The Bertz CT molecular complexity index is 1270. The molecular formula is C24H17N3O3. The summed E-state index contributed by atoms with van der Waals surface area (Å²) in [6.07, 6.45) is 1.20. The van der Waals surface area contributed by atoms with Crippen molar-refractivity contribution < 1.29 is 14.4 Å². The van der Waals surface area contributed by atoms with E-state index in [1.807, 2.05) is 42.5 Å². The van der Waals surface area contributed by atoms with Gasteiger partial charge in [-0.05, 0) is 53.6 Å². The molecule has 3 aromatic rings. The Kier molecular flexibility index (Phi) is 4.11. The summed E-state index contributed by atoms with van der Waals surface area (Å²) < 4.78 is 0. The third kappa shape index (κ3) is 2.75. The van der Waals surface area contributed by atoms with Crippen LogP contribution in [0.15, 0.2) is 54.6 Å². The molecule has 1 fully saturated rings. The maximum Gasteiger partial charge on any atom is 0.259 e. The molecule has 0 spiro atoms. The monoisotopic (exact) mass is 395 g/mol. The van der Waals surface area contributed by atoms with E-state index in [0.717, 1.165) is 21.9 Å². The molecule has 1 N–H and O–H groups in total. The van der Waals surface area contributed by atoms with E-state index in [1.165, 1.54) is 4.90 Å². The Labute approximate surface area is 172 Å². The van der Waals surface area contributed by atoms with Crippen LogP contribution in [0.1, 0.15) is 39.9 Å². The molecule has 30 heavy (non-hydrogen) atoms. The van der Waals surface area contributed by atoms with Crippen LogP contribution in [-0.2, 0) is 16.0 Å². The first-order chi connectivity index (χ1) is 14.6. The van der Waals surface area contributed by atoms with Gasteiger partial charge in [0.25, 0.3) is 5.91 Å². The van der Waals surface area contributed by atoms with E-state index in [9.17, 15) is 14.4 Å². The summed E-state index contributed by atoms with van der Waals surface area (Å²) in [6.45, 7) is 0. The molecule has 3 amide bonds. The van der Waals surface area contributed by atoms with Crippen molar-refractivity contribution in [1.82, 2.24) is 5.32 Å². The van der Waals surface area contributed by atoms with E-state index in [0.29, 0.717) is 29.7 Å². The van der Waals surface area contributed by atoms with Gasteiger partial charge in [-0.2, -0.15) is 5.26 Å². The van der Waals surface area contributed by atoms with Crippen LogP contribution < -0.4 is 10.2 Å². The van der Waals surface area contributed by atoms with E-state index >= 15 is 0 Å². The number of amides is 3. The Morgan fingerprint density at radius 2 is 1.83 bits per heavy atom. The van der Waals surface area contributed by atoms with Gasteiger partial charge in [-0.25, -0.2) is 0 Å². The molecule has 1 unspecified atom stereocenters. The number of hydrogen-bond acceptors (Lipinski definition) is 4. The summed E-state index contributed by atoms with van der Waals surface area (Å²) in [5.41, 5.74) is 4.04. The number of hydrogen-bond donors (Lipinski definition) is 1. The Morgan fingerprint density at radius 1 is 1.03 bits per heavy atom. The second kappa shape index (κ2) is 6.82. The Hall–Kier alpha value is -3.98. The predicted octanol–water partition coefficient (Wildman–Crippen LogP) is 3.07. The Morgan fingerprint density at radius 3 is 2.57 bits per heavy atom. The maximum atomic E-state index is 13.2. The molecule has 0 radical (unpaired) electrons. The topological polar surface area (TPSA) is 90.3 Å². The third-order valence-corrected chi connectivity index (χ3v) is 5.82. The summed E-state index contributed by atoms with van der Waals surface area (Å²) in [7, 11) is 0. The SMILES string of the molecule is N#Cc1ccc(Cc2ccc3c4c(cccc24)N(C2CCC(=O)NC2=O)C3=O)cc1. The normalized spacial score (nSPS) is 17.9. The lowest BCUT2D eigenvalue weighted by Gasteiger charge is -2.30. The van der Waals surface area contributed by atoms with Crippen molar-refractivity contribution in [2.45, 2.75) is 25.3 Å². The highest BCUT2D eigenvalue weighted by Crippen LogP contribution is 2.41. The molecule has 0 aromatic heterocycles. The number of rotatable bonds is 3. The predicted molar refractivity (Wildman–Crippen MR) is 111 cm³/mol. The lowest BCUT2D eigenvalue weighted by Crippen LogP contribution is -2.53. The van der Waals surface area contributed by atoms with Crippen molar-refractivity contribution in [3.63, 3.8) is 0 Å². The lowest BCUT2D eigenvalue weighted by atomic mass is 9.95. The number of piperidine rings is 1. The summed E-state index contributed by atoms with van der Waals surface area (Å²) >= 11 is 0.